The number of nitrogens with zero attached hydrogens (tertiary/aromatic N) is 3. The minimum Gasteiger partial charge on any atom is -0.332 e. The SMILES string of the molecule is c1ccc(CN(Cc2ccccc2)c2ncc(-c3cccs3)cn2)cc1. The summed E-state index contributed by atoms with van der Waals surface area (Å²) in [6, 6.07) is 25.0. The minimum absolute atomic E-state index is 0.748. The molecule has 2 heterocycles. The van der Waals surface area contributed by atoms with Crippen molar-refractivity contribution in [2.45, 2.75) is 13.1 Å². The molecule has 0 N–H and O–H groups in total. The predicted molar refractivity (Wildman–Crippen MR) is 108 cm³/mol. The maximum atomic E-state index is 4.65. The number of hydrogen-bond acceptors (Lipinski definition) is 4. The van der Waals surface area contributed by atoms with Gasteiger partial charge in [0.25, 0.3) is 0 Å². The van der Waals surface area contributed by atoms with Crippen LogP contribution < -0.4 is 4.90 Å². The summed E-state index contributed by atoms with van der Waals surface area (Å²) in [5.41, 5.74) is 3.55. The van der Waals surface area contributed by atoms with Crippen LogP contribution in [0.5, 0.6) is 0 Å². The van der Waals surface area contributed by atoms with E-state index in [2.05, 4.69) is 74.8 Å². The van der Waals surface area contributed by atoms with Gasteiger partial charge in [-0.15, -0.1) is 11.3 Å². The summed E-state index contributed by atoms with van der Waals surface area (Å²) in [7, 11) is 0. The largest absolute Gasteiger partial charge is 0.332 e. The standard InChI is InChI=1S/C22H19N3S/c1-3-8-18(9-4-1)16-25(17-19-10-5-2-6-11-19)22-23-14-20(15-24-22)21-12-7-13-26-21/h1-15H,16-17H2. The van der Waals surface area contributed by atoms with Crippen molar-refractivity contribution in [3.8, 4) is 10.4 Å². The monoisotopic (exact) mass is 357 g/mol. The maximum absolute atomic E-state index is 4.65. The average molecular weight is 357 g/mol. The van der Waals surface area contributed by atoms with Crippen molar-refractivity contribution in [1.29, 1.82) is 0 Å². The highest BCUT2D eigenvalue weighted by molar-refractivity contribution is 7.13. The van der Waals surface area contributed by atoms with Gasteiger partial charge < -0.3 is 4.90 Å². The van der Waals surface area contributed by atoms with Gasteiger partial charge in [-0.1, -0.05) is 66.7 Å². The van der Waals surface area contributed by atoms with E-state index in [0.717, 1.165) is 24.6 Å². The summed E-state index contributed by atoms with van der Waals surface area (Å²) in [6.45, 7) is 1.54. The van der Waals surface area contributed by atoms with Crippen LogP contribution in [-0.4, -0.2) is 9.97 Å². The Balaban J connectivity index is 1.61. The Morgan fingerprint density at radius 3 is 1.77 bits per heavy atom. The first-order valence-electron chi connectivity index (χ1n) is 8.57. The van der Waals surface area contributed by atoms with E-state index < -0.39 is 0 Å². The lowest BCUT2D eigenvalue weighted by Gasteiger charge is -2.23. The summed E-state index contributed by atoms with van der Waals surface area (Å²) >= 11 is 1.70. The fourth-order valence-electron chi connectivity index (χ4n) is 2.86. The van der Waals surface area contributed by atoms with Crippen molar-refractivity contribution < 1.29 is 0 Å². The van der Waals surface area contributed by atoms with Gasteiger partial charge in [0.05, 0.1) is 0 Å². The highest BCUT2D eigenvalue weighted by atomic mass is 32.1. The molecule has 3 nitrogen and oxygen atoms in total. The van der Waals surface area contributed by atoms with Crippen LogP contribution >= 0.6 is 11.3 Å². The van der Waals surface area contributed by atoms with Crippen molar-refractivity contribution in [3.63, 3.8) is 0 Å². The number of rotatable bonds is 6. The Morgan fingerprint density at radius 2 is 1.27 bits per heavy atom. The molecule has 0 fully saturated rings. The van der Waals surface area contributed by atoms with Gasteiger partial charge in [-0.2, -0.15) is 0 Å². The molecule has 0 spiro atoms. The molecule has 0 unspecified atom stereocenters. The van der Waals surface area contributed by atoms with Crippen molar-refractivity contribution >= 4 is 17.3 Å². The molecule has 0 radical (unpaired) electrons. The lowest BCUT2D eigenvalue weighted by atomic mass is 10.2. The quantitative estimate of drug-likeness (QED) is 0.462. The van der Waals surface area contributed by atoms with Crippen LogP contribution in [0.4, 0.5) is 5.95 Å². The second-order valence-electron chi connectivity index (χ2n) is 6.08. The molecular weight excluding hydrogens is 338 g/mol. The highest BCUT2D eigenvalue weighted by Gasteiger charge is 2.12. The molecule has 4 heteroatoms. The normalized spacial score (nSPS) is 10.6. The third-order valence-electron chi connectivity index (χ3n) is 4.16. The first-order chi connectivity index (χ1) is 12.9. The number of thiophene rings is 1. The van der Waals surface area contributed by atoms with E-state index in [4.69, 9.17) is 0 Å². The molecule has 0 aliphatic rings. The molecule has 2 aromatic heterocycles. The number of aromatic nitrogens is 2. The zero-order valence-electron chi connectivity index (χ0n) is 14.3. The van der Waals surface area contributed by atoms with Gasteiger partial charge in [-0.3, -0.25) is 0 Å². The fourth-order valence-corrected chi connectivity index (χ4v) is 3.56. The molecule has 26 heavy (non-hydrogen) atoms. The zero-order chi connectivity index (χ0) is 17.6. The van der Waals surface area contributed by atoms with E-state index in [0.29, 0.717) is 0 Å². The number of anilines is 1. The molecule has 0 aliphatic heterocycles. The lowest BCUT2D eigenvalue weighted by molar-refractivity contribution is 0.764. The van der Waals surface area contributed by atoms with Crippen LogP contribution in [0.15, 0.2) is 90.6 Å². The van der Waals surface area contributed by atoms with Crippen LogP contribution in [0, 0.1) is 0 Å². The fraction of sp³-hybridized carbons (Fsp3) is 0.0909. The smallest absolute Gasteiger partial charge is 0.225 e. The Labute approximate surface area is 157 Å². The van der Waals surface area contributed by atoms with Gasteiger partial charge >= 0.3 is 0 Å². The average Bonchev–Trinajstić information content (AvgIpc) is 3.24. The van der Waals surface area contributed by atoms with Crippen molar-refractivity contribution in [2.24, 2.45) is 0 Å². The maximum Gasteiger partial charge on any atom is 0.225 e. The zero-order valence-corrected chi connectivity index (χ0v) is 15.1. The molecule has 0 atom stereocenters. The molecule has 4 rings (SSSR count). The lowest BCUT2D eigenvalue weighted by Crippen LogP contribution is -2.24. The van der Waals surface area contributed by atoms with E-state index >= 15 is 0 Å². The van der Waals surface area contributed by atoms with Crippen LogP contribution in [0.3, 0.4) is 0 Å². The Bertz CT molecular complexity index is 879. The first-order valence-corrected chi connectivity index (χ1v) is 9.45. The highest BCUT2D eigenvalue weighted by Crippen LogP contribution is 2.24. The van der Waals surface area contributed by atoms with Crippen LogP contribution in [0.1, 0.15) is 11.1 Å². The predicted octanol–water partition coefficient (Wildman–Crippen LogP) is 5.41. The molecule has 0 aliphatic carbocycles. The van der Waals surface area contributed by atoms with Crippen molar-refractivity contribution in [2.75, 3.05) is 4.90 Å². The van der Waals surface area contributed by atoms with Crippen LogP contribution in [0.2, 0.25) is 0 Å². The molecule has 0 saturated carbocycles. The van der Waals surface area contributed by atoms with Gasteiger partial charge in [0, 0.05) is 35.9 Å². The third kappa shape index (κ3) is 3.98. The van der Waals surface area contributed by atoms with E-state index in [9.17, 15) is 0 Å². The van der Waals surface area contributed by atoms with Crippen molar-refractivity contribution in [1.82, 2.24) is 9.97 Å². The van der Waals surface area contributed by atoms with Gasteiger partial charge in [0.15, 0.2) is 0 Å². The molecule has 0 saturated heterocycles. The topological polar surface area (TPSA) is 29.0 Å². The molecule has 4 aromatic rings. The summed E-state index contributed by atoms with van der Waals surface area (Å²) in [5, 5.41) is 2.07. The summed E-state index contributed by atoms with van der Waals surface area (Å²) in [4.78, 5) is 12.7. The molecule has 2 aromatic carbocycles. The summed E-state index contributed by atoms with van der Waals surface area (Å²) in [5.74, 6) is 0.748. The van der Waals surface area contributed by atoms with E-state index in [1.54, 1.807) is 11.3 Å². The van der Waals surface area contributed by atoms with Crippen molar-refractivity contribution in [3.05, 3.63) is 102 Å². The van der Waals surface area contributed by atoms with Gasteiger partial charge in [0.1, 0.15) is 0 Å². The summed E-state index contributed by atoms with van der Waals surface area (Å²) in [6.07, 6.45) is 3.83. The Morgan fingerprint density at radius 1 is 0.692 bits per heavy atom. The van der Waals surface area contributed by atoms with Gasteiger partial charge in [0.2, 0.25) is 5.95 Å². The molecule has 0 amide bonds. The molecule has 128 valence electrons. The van der Waals surface area contributed by atoms with Crippen LogP contribution in [0.25, 0.3) is 10.4 Å². The Hall–Kier alpha value is -2.98. The summed E-state index contributed by atoms with van der Waals surface area (Å²) < 4.78 is 0. The van der Waals surface area contributed by atoms with E-state index in [1.807, 2.05) is 30.6 Å². The first kappa shape index (κ1) is 16.5. The number of benzene rings is 2. The third-order valence-corrected chi connectivity index (χ3v) is 5.08. The second-order valence-corrected chi connectivity index (χ2v) is 7.02. The van der Waals surface area contributed by atoms with Gasteiger partial charge in [-0.05, 0) is 22.6 Å². The van der Waals surface area contributed by atoms with E-state index in [-0.39, 0.29) is 0 Å². The van der Waals surface area contributed by atoms with Crippen LogP contribution in [-0.2, 0) is 13.1 Å². The Kier molecular flexibility index (Phi) is 5.03. The molecule has 0 bridgehead atoms. The minimum atomic E-state index is 0.748. The second kappa shape index (κ2) is 7.93. The molecular formula is C22H19N3S. The van der Waals surface area contributed by atoms with Gasteiger partial charge in [-0.25, -0.2) is 9.97 Å². The number of hydrogen-bond donors (Lipinski definition) is 0. The van der Waals surface area contributed by atoms with E-state index in [1.165, 1.54) is 16.0 Å².